The zero-order chi connectivity index (χ0) is 17.3. The SMILES string of the molecule is Cc1ccc2c(c1)OCC(=O)N2CC(=O)Nc1cc(F)ccc1Cl. The second kappa shape index (κ2) is 6.49. The fourth-order valence-corrected chi connectivity index (χ4v) is 2.58. The number of nitrogens with zero attached hydrogens (tertiary/aromatic N) is 1. The maximum atomic E-state index is 13.3. The predicted molar refractivity (Wildman–Crippen MR) is 89.1 cm³/mol. The van der Waals surface area contributed by atoms with Gasteiger partial charge in [0.15, 0.2) is 6.61 Å². The standard InChI is InChI=1S/C17H14ClFN2O3/c1-10-2-5-14-15(6-10)24-9-17(23)21(14)8-16(22)20-13-7-11(19)3-4-12(13)18/h2-7H,8-9H2,1H3,(H,20,22). The molecule has 1 aliphatic heterocycles. The molecule has 0 radical (unpaired) electrons. The maximum Gasteiger partial charge on any atom is 0.265 e. The minimum Gasteiger partial charge on any atom is -0.482 e. The zero-order valence-electron chi connectivity index (χ0n) is 12.8. The van der Waals surface area contributed by atoms with Gasteiger partial charge in [-0.1, -0.05) is 17.7 Å². The zero-order valence-corrected chi connectivity index (χ0v) is 13.6. The number of carbonyl (C=O) groups excluding carboxylic acids is 2. The summed E-state index contributed by atoms with van der Waals surface area (Å²) in [6, 6.07) is 9.03. The molecule has 0 aliphatic carbocycles. The average molecular weight is 349 g/mol. The molecule has 2 aromatic rings. The lowest BCUT2D eigenvalue weighted by Crippen LogP contribution is -2.43. The second-order valence-corrected chi connectivity index (χ2v) is 5.82. The molecule has 0 atom stereocenters. The van der Waals surface area contributed by atoms with Crippen LogP contribution in [-0.4, -0.2) is 25.0 Å². The van der Waals surface area contributed by atoms with Gasteiger partial charge in [0.2, 0.25) is 5.91 Å². The lowest BCUT2D eigenvalue weighted by molar-refractivity contribution is -0.123. The first kappa shape index (κ1) is 16.3. The number of hydrogen-bond donors (Lipinski definition) is 1. The molecule has 1 aliphatic rings. The van der Waals surface area contributed by atoms with E-state index in [1.54, 1.807) is 12.1 Å². The van der Waals surface area contributed by atoms with Crippen LogP contribution in [0, 0.1) is 12.7 Å². The number of benzene rings is 2. The fourth-order valence-electron chi connectivity index (χ4n) is 2.41. The molecule has 124 valence electrons. The summed E-state index contributed by atoms with van der Waals surface area (Å²) in [7, 11) is 0. The summed E-state index contributed by atoms with van der Waals surface area (Å²) in [6.07, 6.45) is 0. The van der Waals surface area contributed by atoms with Gasteiger partial charge in [-0.2, -0.15) is 0 Å². The highest BCUT2D eigenvalue weighted by Gasteiger charge is 2.27. The molecule has 2 amide bonds. The Morgan fingerprint density at radius 3 is 2.92 bits per heavy atom. The quantitative estimate of drug-likeness (QED) is 0.927. The number of carbonyl (C=O) groups is 2. The van der Waals surface area contributed by atoms with Gasteiger partial charge < -0.3 is 10.1 Å². The van der Waals surface area contributed by atoms with E-state index in [2.05, 4.69) is 5.32 Å². The molecule has 5 nitrogen and oxygen atoms in total. The summed E-state index contributed by atoms with van der Waals surface area (Å²) in [5, 5.41) is 2.73. The van der Waals surface area contributed by atoms with Gasteiger partial charge in [0.25, 0.3) is 5.91 Å². The lowest BCUT2D eigenvalue weighted by Gasteiger charge is -2.29. The van der Waals surface area contributed by atoms with Crippen molar-refractivity contribution in [1.29, 1.82) is 0 Å². The molecule has 1 N–H and O–H groups in total. The predicted octanol–water partition coefficient (Wildman–Crippen LogP) is 3.15. The summed E-state index contributed by atoms with van der Waals surface area (Å²) in [4.78, 5) is 25.7. The van der Waals surface area contributed by atoms with Gasteiger partial charge in [0, 0.05) is 0 Å². The van der Waals surface area contributed by atoms with E-state index in [4.69, 9.17) is 16.3 Å². The Morgan fingerprint density at radius 2 is 2.12 bits per heavy atom. The van der Waals surface area contributed by atoms with E-state index in [0.29, 0.717) is 11.4 Å². The number of fused-ring (bicyclic) bond motifs is 1. The van der Waals surface area contributed by atoms with Crippen LogP contribution in [0.2, 0.25) is 5.02 Å². The Bertz CT molecular complexity index is 825. The molecule has 1 heterocycles. The van der Waals surface area contributed by atoms with Crippen molar-refractivity contribution in [3.63, 3.8) is 0 Å². The van der Waals surface area contributed by atoms with E-state index >= 15 is 0 Å². The van der Waals surface area contributed by atoms with Crippen LogP contribution in [0.25, 0.3) is 0 Å². The third-order valence-corrected chi connectivity index (χ3v) is 3.89. The molecule has 2 aromatic carbocycles. The molecular weight excluding hydrogens is 335 g/mol. The van der Waals surface area contributed by atoms with Gasteiger partial charge in [-0.05, 0) is 42.8 Å². The Morgan fingerprint density at radius 1 is 1.33 bits per heavy atom. The average Bonchev–Trinajstić information content (AvgIpc) is 2.53. The normalized spacial score (nSPS) is 13.3. The van der Waals surface area contributed by atoms with E-state index in [1.807, 2.05) is 13.0 Å². The first-order valence-corrected chi connectivity index (χ1v) is 7.60. The number of rotatable bonds is 3. The highest BCUT2D eigenvalue weighted by Crippen LogP contribution is 2.32. The van der Waals surface area contributed by atoms with Crippen LogP contribution >= 0.6 is 11.6 Å². The molecule has 0 saturated heterocycles. The van der Waals surface area contributed by atoms with Crippen molar-refractivity contribution < 1.29 is 18.7 Å². The van der Waals surface area contributed by atoms with Gasteiger partial charge in [-0.3, -0.25) is 14.5 Å². The van der Waals surface area contributed by atoms with Crippen molar-refractivity contribution in [2.45, 2.75) is 6.92 Å². The van der Waals surface area contributed by atoms with Crippen molar-refractivity contribution in [2.75, 3.05) is 23.4 Å². The topological polar surface area (TPSA) is 58.6 Å². The maximum absolute atomic E-state index is 13.3. The molecular formula is C17H14ClFN2O3. The van der Waals surface area contributed by atoms with Crippen molar-refractivity contribution in [2.24, 2.45) is 0 Å². The summed E-state index contributed by atoms with van der Waals surface area (Å²) in [6.45, 7) is 1.55. The van der Waals surface area contributed by atoms with Crippen LogP contribution in [0.5, 0.6) is 5.75 Å². The van der Waals surface area contributed by atoms with E-state index in [-0.39, 0.29) is 29.8 Å². The van der Waals surface area contributed by atoms with Gasteiger partial charge in [0.1, 0.15) is 18.1 Å². The number of aryl methyl sites for hydroxylation is 1. The Kier molecular flexibility index (Phi) is 4.40. The molecule has 24 heavy (non-hydrogen) atoms. The van der Waals surface area contributed by atoms with Crippen LogP contribution < -0.4 is 15.0 Å². The van der Waals surface area contributed by atoms with Crippen LogP contribution in [0.1, 0.15) is 5.56 Å². The van der Waals surface area contributed by atoms with Crippen molar-refractivity contribution in [3.8, 4) is 5.75 Å². The first-order chi connectivity index (χ1) is 11.4. The highest BCUT2D eigenvalue weighted by atomic mass is 35.5. The van der Waals surface area contributed by atoms with Gasteiger partial charge >= 0.3 is 0 Å². The number of amides is 2. The Balaban J connectivity index is 1.79. The van der Waals surface area contributed by atoms with Crippen LogP contribution in [0.3, 0.4) is 0 Å². The molecule has 0 spiro atoms. The van der Waals surface area contributed by atoms with E-state index in [9.17, 15) is 14.0 Å². The van der Waals surface area contributed by atoms with E-state index in [1.165, 1.54) is 17.0 Å². The summed E-state index contributed by atoms with van der Waals surface area (Å²) in [5.74, 6) is -0.778. The summed E-state index contributed by atoms with van der Waals surface area (Å²) < 4.78 is 18.7. The van der Waals surface area contributed by atoms with Gasteiger partial charge in [0.05, 0.1) is 16.4 Å². The van der Waals surface area contributed by atoms with E-state index < -0.39 is 11.7 Å². The molecule has 0 fully saturated rings. The minimum absolute atomic E-state index is 0.134. The van der Waals surface area contributed by atoms with E-state index in [0.717, 1.165) is 11.6 Å². The Hall–Kier alpha value is -2.60. The third-order valence-electron chi connectivity index (χ3n) is 3.56. The Labute approximate surface area is 143 Å². The molecule has 0 unspecified atom stereocenters. The fraction of sp³-hybridized carbons (Fsp3) is 0.176. The smallest absolute Gasteiger partial charge is 0.265 e. The largest absolute Gasteiger partial charge is 0.482 e. The molecule has 0 aromatic heterocycles. The molecule has 0 saturated carbocycles. The minimum atomic E-state index is -0.516. The number of anilines is 2. The number of ether oxygens (including phenoxy) is 1. The number of halogens is 2. The van der Waals surface area contributed by atoms with Crippen LogP contribution in [0.15, 0.2) is 36.4 Å². The molecule has 7 heteroatoms. The van der Waals surface area contributed by atoms with Crippen molar-refractivity contribution in [1.82, 2.24) is 0 Å². The molecule has 0 bridgehead atoms. The monoisotopic (exact) mass is 348 g/mol. The number of nitrogens with one attached hydrogen (secondary N) is 1. The lowest BCUT2D eigenvalue weighted by atomic mass is 10.1. The van der Waals surface area contributed by atoms with Crippen LogP contribution in [-0.2, 0) is 9.59 Å². The second-order valence-electron chi connectivity index (χ2n) is 5.41. The van der Waals surface area contributed by atoms with Crippen LogP contribution in [0.4, 0.5) is 15.8 Å². The highest BCUT2D eigenvalue weighted by molar-refractivity contribution is 6.33. The van der Waals surface area contributed by atoms with Crippen molar-refractivity contribution in [3.05, 3.63) is 52.8 Å². The van der Waals surface area contributed by atoms with Gasteiger partial charge in [-0.25, -0.2) is 4.39 Å². The summed E-state index contributed by atoms with van der Waals surface area (Å²) >= 11 is 5.93. The van der Waals surface area contributed by atoms with Gasteiger partial charge in [-0.15, -0.1) is 0 Å². The van der Waals surface area contributed by atoms with Crippen molar-refractivity contribution >= 4 is 34.8 Å². The first-order valence-electron chi connectivity index (χ1n) is 7.23. The molecule has 3 rings (SSSR count). The summed E-state index contributed by atoms with van der Waals surface area (Å²) in [5.41, 5.74) is 1.67. The third kappa shape index (κ3) is 3.33. The number of hydrogen-bond acceptors (Lipinski definition) is 3.